The van der Waals surface area contributed by atoms with E-state index in [2.05, 4.69) is 134 Å². The molecule has 46 heavy (non-hydrogen) atoms. The van der Waals surface area contributed by atoms with Gasteiger partial charge in [-0.15, -0.1) is 0 Å². The van der Waals surface area contributed by atoms with Crippen LogP contribution in [0.4, 0.5) is 4.39 Å². The Balaban J connectivity index is 1.57. The molecule has 236 valence electrons. The quantitative estimate of drug-likeness (QED) is 0.194. The Morgan fingerprint density at radius 3 is 1.28 bits per heavy atom. The molecule has 0 N–H and O–H groups in total. The predicted octanol–water partition coefficient (Wildman–Crippen LogP) is 11.0. The first-order valence-electron chi connectivity index (χ1n) is 16.3. The summed E-state index contributed by atoms with van der Waals surface area (Å²) in [6.07, 6.45) is 3.88. The summed E-state index contributed by atoms with van der Waals surface area (Å²) in [6, 6.07) is 29.1. The fourth-order valence-corrected chi connectivity index (χ4v) is 6.44. The van der Waals surface area contributed by atoms with Crippen LogP contribution >= 0.6 is 0 Å². The second-order valence-electron chi connectivity index (χ2n) is 15.9. The van der Waals surface area contributed by atoms with E-state index in [1.54, 1.807) is 0 Å². The Labute approximate surface area is 273 Å². The zero-order valence-corrected chi connectivity index (χ0v) is 29.0. The highest BCUT2D eigenvalue weighted by molar-refractivity contribution is 6.10. The van der Waals surface area contributed by atoms with Gasteiger partial charge in [0.05, 0.1) is 22.4 Å². The number of rotatable bonds is 5. The SMILES string of the molecule is CC(C)(C)c1ccnc(C(C)(C)c2ccc3c(c2)c2cc(C(C)(C)c4cc(C(C)(C)C)ccn4)ccc2n3-c2ccc(F)cc2)c1. The van der Waals surface area contributed by atoms with Crippen molar-refractivity contribution in [2.24, 2.45) is 0 Å². The molecule has 0 aliphatic carbocycles. The number of pyridine rings is 2. The zero-order valence-electron chi connectivity index (χ0n) is 29.0. The second-order valence-corrected chi connectivity index (χ2v) is 15.9. The first kappa shape index (κ1) is 31.7. The number of aromatic nitrogens is 3. The lowest BCUT2D eigenvalue weighted by atomic mass is 9.77. The van der Waals surface area contributed by atoms with Crippen molar-refractivity contribution in [1.29, 1.82) is 0 Å². The summed E-state index contributed by atoms with van der Waals surface area (Å²) >= 11 is 0. The monoisotopic (exact) mass is 611 g/mol. The first-order chi connectivity index (χ1) is 21.5. The van der Waals surface area contributed by atoms with Gasteiger partial charge in [0.25, 0.3) is 0 Å². The van der Waals surface area contributed by atoms with Crippen molar-refractivity contribution in [2.45, 2.75) is 90.9 Å². The van der Waals surface area contributed by atoms with E-state index in [-0.39, 0.29) is 27.5 Å². The average Bonchev–Trinajstić information content (AvgIpc) is 3.34. The van der Waals surface area contributed by atoms with Crippen molar-refractivity contribution in [1.82, 2.24) is 14.5 Å². The molecule has 3 aromatic heterocycles. The van der Waals surface area contributed by atoms with Crippen molar-refractivity contribution >= 4 is 21.8 Å². The van der Waals surface area contributed by atoms with E-state index < -0.39 is 0 Å². The Bertz CT molecular complexity index is 1940. The van der Waals surface area contributed by atoms with Crippen LogP contribution < -0.4 is 0 Å². The molecule has 0 saturated heterocycles. The van der Waals surface area contributed by atoms with E-state index in [1.807, 2.05) is 24.5 Å². The summed E-state index contributed by atoms with van der Waals surface area (Å²) in [5.74, 6) is -0.243. The number of hydrogen-bond acceptors (Lipinski definition) is 2. The smallest absolute Gasteiger partial charge is 0.123 e. The van der Waals surface area contributed by atoms with Gasteiger partial charge in [0.15, 0.2) is 0 Å². The van der Waals surface area contributed by atoms with Crippen LogP contribution in [0.5, 0.6) is 0 Å². The van der Waals surface area contributed by atoms with Gasteiger partial charge >= 0.3 is 0 Å². The zero-order chi connectivity index (χ0) is 33.2. The molecule has 0 bridgehead atoms. The van der Waals surface area contributed by atoms with Crippen LogP contribution in [0.2, 0.25) is 0 Å². The summed E-state index contributed by atoms with van der Waals surface area (Å²) in [5.41, 5.74) is 9.55. The summed E-state index contributed by atoms with van der Waals surface area (Å²) in [5, 5.41) is 2.32. The Kier molecular flexibility index (Phi) is 7.50. The third-order valence-electron chi connectivity index (χ3n) is 9.83. The maximum absolute atomic E-state index is 14.0. The van der Waals surface area contributed by atoms with E-state index in [1.165, 1.54) is 34.4 Å². The maximum Gasteiger partial charge on any atom is 0.123 e. The van der Waals surface area contributed by atoms with Crippen molar-refractivity contribution in [3.8, 4) is 5.69 Å². The van der Waals surface area contributed by atoms with Gasteiger partial charge < -0.3 is 4.57 Å². The van der Waals surface area contributed by atoms with Crippen molar-refractivity contribution < 1.29 is 4.39 Å². The molecule has 3 aromatic carbocycles. The number of fused-ring (bicyclic) bond motifs is 3. The van der Waals surface area contributed by atoms with Gasteiger partial charge in [-0.05, 0) is 106 Å². The molecule has 0 aliphatic rings. The van der Waals surface area contributed by atoms with E-state index in [0.29, 0.717) is 0 Å². The molecule has 0 aliphatic heterocycles. The minimum Gasteiger partial charge on any atom is -0.309 e. The fraction of sp³-hybridized carbons (Fsp3) is 0.333. The largest absolute Gasteiger partial charge is 0.309 e. The first-order valence-corrected chi connectivity index (χ1v) is 16.3. The highest BCUT2D eigenvalue weighted by Crippen LogP contribution is 2.41. The molecular weight excluding hydrogens is 565 g/mol. The van der Waals surface area contributed by atoms with Crippen LogP contribution in [0.15, 0.2) is 97.3 Å². The van der Waals surface area contributed by atoms with Gasteiger partial charge in [0.2, 0.25) is 0 Å². The van der Waals surface area contributed by atoms with Gasteiger partial charge in [-0.1, -0.05) is 81.4 Å². The summed E-state index contributed by atoms with van der Waals surface area (Å²) in [6.45, 7) is 22.5. The van der Waals surface area contributed by atoms with Crippen LogP contribution in [0, 0.1) is 5.82 Å². The number of nitrogens with zero attached hydrogens (tertiary/aromatic N) is 3. The molecule has 0 atom stereocenters. The average molecular weight is 612 g/mol. The standard InChI is InChI=1S/C42H46FN3/c1-39(2,3)27-19-21-44-37(25-27)41(7,8)29-11-17-35-33(23-29)34-24-30(12-18-36(34)46(35)32-15-13-31(43)14-16-32)42(9,10)38-26-28(20-22-45-38)40(4,5)6/h11-26H,1-10H3. The van der Waals surface area contributed by atoms with Gasteiger partial charge in [0.1, 0.15) is 5.82 Å². The third-order valence-corrected chi connectivity index (χ3v) is 9.83. The lowest BCUT2D eigenvalue weighted by molar-refractivity contribution is 0.574. The van der Waals surface area contributed by atoms with E-state index in [0.717, 1.165) is 38.9 Å². The number of benzene rings is 3. The summed E-state index contributed by atoms with van der Waals surface area (Å²) in [7, 11) is 0. The maximum atomic E-state index is 14.0. The second kappa shape index (κ2) is 10.9. The van der Waals surface area contributed by atoms with Crippen molar-refractivity contribution in [3.05, 3.63) is 137 Å². The Hall–Kier alpha value is -4.31. The number of halogens is 1. The molecule has 6 aromatic rings. The van der Waals surface area contributed by atoms with Gasteiger partial charge in [-0.2, -0.15) is 0 Å². The molecule has 0 amide bonds. The molecule has 3 nitrogen and oxygen atoms in total. The molecule has 0 unspecified atom stereocenters. The molecule has 3 heterocycles. The lowest BCUT2D eigenvalue weighted by Crippen LogP contribution is -2.22. The van der Waals surface area contributed by atoms with E-state index in [4.69, 9.17) is 9.97 Å². The number of hydrogen-bond donors (Lipinski definition) is 0. The van der Waals surface area contributed by atoms with Crippen LogP contribution in [0.25, 0.3) is 27.5 Å². The summed E-state index contributed by atoms with van der Waals surface area (Å²) in [4.78, 5) is 9.72. The fourth-order valence-electron chi connectivity index (χ4n) is 6.44. The molecule has 0 spiro atoms. The van der Waals surface area contributed by atoms with Gasteiger partial charge in [-0.25, -0.2) is 4.39 Å². The molecule has 0 radical (unpaired) electrons. The highest BCUT2D eigenvalue weighted by Gasteiger charge is 2.30. The minimum atomic E-state index is -0.325. The molecule has 4 heteroatoms. The minimum absolute atomic E-state index is 0.0325. The Morgan fingerprint density at radius 2 is 0.891 bits per heavy atom. The highest BCUT2D eigenvalue weighted by atomic mass is 19.1. The Morgan fingerprint density at radius 1 is 0.478 bits per heavy atom. The lowest BCUT2D eigenvalue weighted by Gasteiger charge is -2.28. The van der Waals surface area contributed by atoms with E-state index in [9.17, 15) is 4.39 Å². The normalized spacial score (nSPS) is 13.1. The summed E-state index contributed by atoms with van der Waals surface area (Å²) < 4.78 is 16.3. The molecular formula is C42H46FN3. The van der Waals surface area contributed by atoms with Gasteiger partial charge in [0, 0.05) is 39.7 Å². The van der Waals surface area contributed by atoms with Gasteiger partial charge in [-0.3, -0.25) is 9.97 Å². The van der Waals surface area contributed by atoms with Crippen LogP contribution in [-0.4, -0.2) is 14.5 Å². The van der Waals surface area contributed by atoms with Crippen LogP contribution in [0.1, 0.15) is 103 Å². The predicted molar refractivity (Wildman–Crippen MR) is 191 cm³/mol. The third kappa shape index (κ3) is 5.53. The van der Waals surface area contributed by atoms with Crippen molar-refractivity contribution in [2.75, 3.05) is 0 Å². The van der Waals surface area contributed by atoms with Crippen LogP contribution in [0.3, 0.4) is 0 Å². The van der Waals surface area contributed by atoms with Crippen molar-refractivity contribution in [3.63, 3.8) is 0 Å². The molecule has 6 rings (SSSR count). The topological polar surface area (TPSA) is 30.7 Å². The molecule has 0 saturated carbocycles. The van der Waals surface area contributed by atoms with Crippen LogP contribution in [-0.2, 0) is 21.7 Å². The molecule has 0 fully saturated rings. The van der Waals surface area contributed by atoms with E-state index >= 15 is 0 Å².